The van der Waals surface area contributed by atoms with Crippen LogP contribution in [-0.2, 0) is 24.2 Å². The molecule has 7 heteroatoms. The largest absolute Gasteiger partial charge is 0.335 e. The maximum Gasteiger partial charge on any atom is 0.244 e. The smallest absolute Gasteiger partial charge is 0.244 e. The lowest BCUT2D eigenvalue weighted by Crippen LogP contribution is -2.21. The van der Waals surface area contributed by atoms with Gasteiger partial charge >= 0.3 is 0 Å². The third-order valence-corrected chi connectivity index (χ3v) is 5.50. The monoisotopic (exact) mass is 423 g/mol. The molecule has 3 aromatic rings. The average molecular weight is 425 g/mol. The fourth-order valence-corrected chi connectivity index (χ4v) is 3.94. The Morgan fingerprint density at radius 3 is 2.56 bits per heavy atom. The molecule has 1 aliphatic rings. The predicted octanol–water partition coefficient (Wildman–Crippen LogP) is 4.70. The van der Waals surface area contributed by atoms with E-state index in [4.69, 9.17) is 23.2 Å². The summed E-state index contributed by atoms with van der Waals surface area (Å²) in [5.74, 6) is -0.0563. The van der Waals surface area contributed by atoms with Gasteiger partial charge in [0.2, 0.25) is 5.91 Å². The minimum Gasteiger partial charge on any atom is -0.335 e. The first-order valence-corrected chi connectivity index (χ1v) is 9.43. The molecule has 1 aliphatic heterocycles. The topological polar surface area (TPSA) is 46.1 Å². The lowest BCUT2D eigenvalue weighted by Gasteiger charge is -2.12. The zero-order valence-electron chi connectivity index (χ0n) is 14.6. The van der Waals surface area contributed by atoms with Crippen LogP contribution in [0.3, 0.4) is 0 Å². The normalized spacial score (nSPS) is 13.6. The van der Waals surface area contributed by atoms with Gasteiger partial charge in [-0.3, -0.25) is 4.79 Å². The van der Waals surface area contributed by atoms with E-state index in [1.807, 2.05) is 42.5 Å². The van der Waals surface area contributed by atoms with E-state index in [2.05, 4.69) is 15.2 Å². The molecule has 2 heterocycles. The highest BCUT2D eigenvalue weighted by molar-refractivity contribution is 6.42. The van der Waals surface area contributed by atoms with Crippen molar-refractivity contribution in [2.24, 2.45) is 0 Å². The Kier molecular flexibility index (Phi) is 6.33. The first-order valence-electron chi connectivity index (χ1n) is 8.68. The SMILES string of the molecule is Cl.O=C(Cn1c2c(c3cc(Cl)c(Cl)cc31)CCNCC2)Nc1ccccc1. The number of anilines is 1. The van der Waals surface area contributed by atoms with Crippen LogP contribution in [0.2, 0.25) is 10.0 Å². The lowest BCUT2D eigenvalue weighted by molar-refractivity contribution is -0.116. The number of fused-ring (bicyclic) bond motifs is 3. The molecule has 0 bridgehead atoms. The summed E-state index contributed by atoms with van der Waals surface area (Å²) in [6.45, 7) is 2.06. The minimum atomic E-state index is -0.0563. The number of hydrogen-bond donors (Lipinski definition) is 2. The van der Waals surface area contributed by atoms with Crippen molar-refractivity contribution in [2.75, 3.05) is 18.4 Å². The van der Waals surface area contributed by atoms with Crippen LogP contribution in [0.4, 0.5) is 5.69 Å². The van der Waals surface area contributed by atoms with Gasteiger partial charge in [-0.05, 0) is 42.8 Å². The maximum absolute atomic E-state index is 12.6. The standard InChI is InChI=1S/C20H19Cl2N3O.ClH/c21-16-10-15-14-6-8-23-9-7-18(14)25(19(15)11-17(16)22)12-20(26)24-13-4-2-1-3-5-13;/h1-5,10-11,23H,6-9,12H2,(H,24,26);1H. The Morgan fingerprint density at radius 1 is 1.07 bits per heavy atom. The van der Waals surface area contributed by atoms with Gasteiger partial charge in [-0.1, -0.05) is 41.4 Å². The van der Waals surface area contributed by atoms with Gasteiger partial charge in [-0.15, -0.1) is 12.4 Å². The zero-order valence-corrected chi connectivity index (χ0v) is 16.9. The third kappa shape index (κ3) is 4.09. The first kappa shape index (κ1) is 20.0. The van der Waals surface area contributed by atoms with E-state index in [1.165, 1.54) is 11.3 Å². The summed E-state index contributed by atoms with van der Waals surface area (Å²) in [5, 5.41) is 8.52. The Bertz CT molecular complexity index is 970. The van der Waals surface area contributed by atoms with Crippen molar-refractivity contribution >= 4 is 58.1 Å². The number of carbonyl (C=O) groups is 1. The van der Waals surface area contributed by atoms with Crippen LogP contribution in [0.5, 0.6) is 0 Å². The molecule has 0 radical (unpaired) electrons. The summed E-state index contributed by atoms with van der Waals surface area (Å²) >= 11 is 12.5. The van der Waals surface area contributed by atoms with E-state index in [0.29, 0.717) is 10.0 Å². The second-order valence-corrected chi connectivity index (χ2v) is 7.27. The summed E-state index contributed by atoms with van der Waals surface area (Å²) in [4.78, 5) is 12.6. The Morgan fingerprint density at radius 2 is 1.78 bits per heavy atom. The number of para-hydroxylation sites is 1. The van der Waals surface area contributed by atoms with Gasteiger partial charge in [0.15, 0.2) is 0 Å². The maximum atomic E-state index is 12.6. The minimum absolute atomic E-state index is 0. The lowest BCUT2D eigenvalue weighted by atomic mass is 10.1. The molecule has 1 amide bonds. The van der Waals surface area contributed by atoms with Gasteiger partial charge in [0.25, 0.3) is 0 Å². The number of benzene rings is 2. The summed E-state index contributed by atoms with van der Waals surface area (Å²) in [6.07, 6.45) is 1.79. The van der Waals surface area contributed by atoms with Crippen molar-refractivity contribution < 1.29 is 4.79 Å². The van der Waals surface area contributed by atoms with Crippen LogP contribution < -0.4 is 10.6 Å². The molecule has 2 aromatic carbocycles. The summed E-state index contributed by atoms with van der Waals surface area (Å²) < 4.78 is 2.08. The van der Waals surface area contributed by atoms with Crippen LogP contribution >= 0.6 is 35.6 Å². The average Bonchev–Trinajstić information content (AvgIpc) is 2.79. The van der Waals surface area contributed by atoms with Crippen molar-refractivity contribution in [1.82, 2.24) is 9.88 Å². The van der Waals surface area contributed by atoms with Crippen LogP contribution in [0, 0.1) is 0 Å². The molecule has 4 nitrogen and oxygen atoms in total. The molecule has 0 atom stereocenters. The Hall–Kier alpha value is -1.72. The van der Waals surface area contributed by atoms with Crippen molar-refractivity contribution in [3.63, 3.8) is 0 Å². The first-order chi connectivity index (χ1) is 12.6. The summed E-state index contributed by atoms with van der Waals surface area (Å²) in [7, 11) is 0. The fraction of sp³-hybridized carbons (Fsp3) is 0.250. The van der Waals surface area contributed by atoms with Gasteiger partial charge in [-0.2, -0.15) is 0 Å². The van der Waals surface area contributed by atoms with Gasteiger partial charge < -0.3 is 15.2 Å². The molecule has 0 saturated carbocycles. The zero-order chi connectivity index (χ0) is 18.1. The third-order valence-electron chi connectivity index (χ3n) is 4.78. The molecular formula is C20H20Cl3N3O. The van der Waals surface area contributed by atoms with Gasteiger partial charge in [-0.25, -0.2) is 0 Å². The van der Waals surface area contributed by atoms with E-state index in [0.717, 1.165) is 42.5 Å². The number of halogens is 3. The number of amides is 1. The van der Waals surface area contributed by atoms with Crippen LogP contribution in [0.1, 0.15) is 11.3 Å². The molecule has 0 fully saturated rings. The molecule has 0 aliphatic carbocycles. The predicted molar refractivity (Wildman–Crippen MR) is 115 cm³/mol. The fourth-order valence-electron chi connectivity index (χ4n) is 3.62. The van der Waals surface area contributed by atoms with E-state index in [9.17, 15) is 4.79 Å². The quantitative estimate of drug-likeness (QED) is 0.640. The van der Waals surface area contributed by atoms with Gasteiger partial charge in [0, 0.05) is 29.7 Å². The molecule has 0 unspecified atom stereocenters. The molecule has 142 valence electrons. The number of hydrogen-bond acceptors (Lipinski definition) is 2. The van der Waals surface area contributed by atoms with Crippen LogP contribution in [-0.4, -0.2) is 23.6 Å². The van der Waals surface area contributed by atoms with Crippen molar-refractivity contribution in [2.45, 2.75) is 19.4 Å². The number of carbonyl (C=O) groups excluding carboxylic acids is 1. The van der Waals surface area contributed by atoms with Crippen molar-refractivity contribution in [1.29, 1.82) is 0 Å². The van der Waals surface area contributed by atoms with E-state index < -0.39 is 0 Å². The van der Waals surface area contributed by atoms with E-state index >= 15 is 0 Å². The number of rotatable bonds is 3. The highest BCUT2D eigenvalue weighted by Crippen LogP contribution is 2.34. The summed E-state index contributed by atoms with van der Waals surface area (Å²) in [5.41, 5.74) is 4.21. The molecule has 27 heavy (non-hydrogen) atoms. The molecule has 0 spiro atoms. The second-order valence-electron chi connectivity index (χ2n) is 6.46. The van der Waals surface area contributed by atoms with Gasteiger partial charge in [0.1, 0.15) is 6.54 Å². The van der Waals surface area contributed by atoms with E-state index in [1.54, 1.807) is 0 Å². The van der Waals surface area contributed by atoms with Gasteiger partial charge in [0.05, 0.1) is 15.6 Å². The molecular weight excluding hydrogens is 405 g/mol. The molecule has 4 rings (SSSR count). The van der Waals surface area contributed by atoms with E-state index in [-0.39, 0.29) is 24.9 Å². The Labute approximate surface area is 174 Å². The summed E-state index contributed by atoms with van der Waals surface area (Å²) in [6, 6.07) is 13.3. The molecule has 1 aromatic heterocycles. The van der Waals surface area contributed by atoms with Crippen LogP contribution in [0.15, 0.2) is 42.5 Å². The second kappa shape index (κ2) is 8.53. The number of aromatic nitrogens is 1. The number of nitrogens with one attached hydrogen (secondary N) is 2. The highest BCUT2D eigenvalue weighted by atomic mass is 35.5. The van der Waals surface area contributed by atoms with Crippen molar-refractivity contribution in [3.8, 4) is 0 Å². The molecule has 0 saturated heterocycles. The molecule has 2 N–H and O–H groups in total. The Balaban J connectivity index is 0.00000210. The van der Waals surface area contributed by atoms with Crippen molar-refractivity contribution in [3.05, 3.63) is 63.8 Å². The number of nitrogens with zero attached hydrogens (tertiary/aromatic N) is 1. The van der Waals surface area contributed by atoms with Crippen LogP contribution in [0.25, 0.3) is 10.9 Å². The highest BCUT2D eigenvalue weighted by Gasteiger charge is 2.21.